The molecule has 0 aliphatic heterocycles. The van der Waals surface area contributed by atoms with E-state index in [1.54, 1.807) is 6.20 Å². The Labute approximate surface area is 59.3 Å². The van der Waals surface area contributed by atoms with Crippen LogP contribution in [0.4, 0.5) is 0 Å². The van der Waals surface area contributed by atoms with Crippen molar-refractivity contribution >= 4 is 22.6 Å². The van der Waals surface area contributed by atoms with Crippen molar-refractivity contribution in [2.45, 2.75) is 0 Å². The number of aromatic nitrogens is 2. The van der Waals surface area contributed by atoms with Crippen LogP contribution in [0.3, 0.4) is 0 Å². The Bertz CT molecular complexity index is 231. The highest BCUT2D eigenvalue weighted by atomic mass is 127. The van der Waals surface area contributed by atoms with Crippen molar-refractivity contribution in [3.8, 4) is 0 Å². The van der Waals surface area contributed by atoms with E-state index in [1.807, 2.05) is 22.6 Å². The second-order valence-electron chi connectivity index (χ2n) is 1.21. The van der Waals surface area contributed by atoms with Gasteiger partial charge in [-0.25, -0.2) is 4.98 Å². The van der Waals surface area contributed by atoms with Crippen LogP contribution in [0.15, 0.2) is 17.2 Å². The Balaban J connectivity index is 3.35. The van der Waals surface area contributed by atoms with Gasteiger partial charge in [-0.3, -0.25) is 4.79 Å². The predicted molar refractivity (Wildman–Crippen MR) is 37.6 cm³/mol. The van der Waals surface area contributed by atoms with Crippen LogP contribution >= 0.6 is 22.6 Å². The zero-order valence-electron chi connectivity index (χ0n) is 3.89. The van der Waals surface area contributed by atoms with E-state index >= 15 is 0 Å². The number of halogens is 1. The molecule has 0 saturated carbocycles. The fourth-order valence-electron chi connectivity index (χ4n) is 0.334. The maximum absolute atomic E-state index is 10.5. The fourth-order valence-corrected chi connectivity index (χ4v) is 0.650. The van der Waals surface area contributed by atoms with Crippen LogP contribution in [0.25, 0.3) is 0 Å². The summed E-state index contributed by atoms with van der Waals surface area (Å²) in [6.07, 6.45) is 3.05. The molecule has 1 N–H and O–H groups in total. The second-order valence-corrected chi connectivity index (χ2v) is 2.23. The van der Waals surface area contributed by atoms with E-state index in [2.05, 4.69) is 9.97 Å². The van der Waals surface area contributed by atoms with Crippen molar-refractivity contribution in [2.75, 3.05) is 0 Å². The van der Waals surface area contributed by atoms with E-state index < -0.39 is 0 Å². The fraction of sp³-hybridized carbons (Fsp3) is 0. The Kier molecular flexibility index (Phi) is 1.62. The van der Waals surface area contributed by atoms with Gasteiger partial charge in [0, 0.05) is 12.4 Å². The lowest BCUT2D eigenvalue weighted by Crippen LogP contribution is -2.09. The zero-order valence-corrected chi connectivity index (χ0v) is 6.05. The minimum Gasteiger partial charge on any atom is -0.325 e. The Hall–Kier alpha value is -0.390. The van der Waals surface area contributed by atoms with Gasteiger partial charge in [0.2, 0.25) is 0 Å². The first-order valence-corrected chi connectivity index (χ1v) is 3.08. The number of nitrogens with one attached hydrogen (secondary N) is 1. The molecule has 0 amide bonds. The molecule has 0 saturated heterocycles. The molecule has 8 heavy (non-hydrogen) atoms. The van der Waals surface area contributed by atoms with Crippen molar-refractivity contribution in [1.82, 2.24) is 9.97 Å². The molecule has 1 aromatic heterocycles. The number of aromatic amines is 1. The molecule has 0 fully saturated rings. The van der Waals surface area contributed by atoms with Crippen LogP contribution in [0, 0.1) is 3.70 Å². The smallest absolute Gasteiger partial charge is 0.280 e. The van der Waals surface area contributed by atoms with Gasteiger partial charge in [0.05, 0.1) is 0 Å². The third-order valence-corrected chi connectivity index (χ3v) is 1.43. The summed E-state index contributed by atoms with van der Waals surface area (Å²) in [5.74, 6) is 0. The highest BCUT2D eigenvalue weighted by molar-refractivity contribution is 14.1. The highest BCUT2D eigenvalue weighted by Gasteiger charge is 1.87. The minimum atomic E-state index is -0.131. The lowest BCUT2D eigenvalue weighted by molar-refractivity contribution is 1.10. The quantitative estimate of drug-likeness (QED) is 0.644. The summed E-state index contributed by atoms with van der Waals surface area (Å²) in [5, 5.41) is 0. The lowest BCUT2D eigenvalue weighted by atomic mass is 10.8. The Morgan fingerprint density at radius 1 is 1.75 bits per heavy atom. The van der Waals surface area contributed by atoms with Crippen molar-refractivity contribution in [1.29, 1.82) is 0 Å². The summed E-state index contributed by atoms with van der Waals surface area (Å²) in [6, 6.07) is 0. The van der Waals surface area contributed by atoms with E-state index in [0.29, 0.717) is 3.70 Å². The van der Waals surface area contributed by atoms with Crippen LogP contribution in [0.1, 0.15) is 0 Å². The van der Waals surface area contributed by atoms with Gasteiger partial charge in [-0.1, -0.05) is 0 Å². The van der Waals surface area contributed by atoms with Crippen LogP contribution in [0.2, 0.25) is 0 Å². The first-order chi connectivity index (χ1) is 3.80. The summed E-state index contributed by atoms with van der Waals surface area (Å²) in [5.41, 5.74) is -0.131. The third-order valence-electron chi connectivity index (χ3n) is 0.664. The molecule has 0 aliphatic rings. The molecule has 3 nitrogen and oxygen atoms in total. The Morgan fingerprint density at radius 3 is 2.88 bits per heavy atom. The van der Waals surface area contributed by atoms with Crippen molar-refractivity contribution in [2.24, 2.45) is 0 Å². The lowest BCUT2D eigenvalue weighted by Gasteiger charge is -1.81. The van der Waals surface area contributed by atoms with Gasteiger partial charge >= 0.3 is 0 Å². The number of H-pyrrole nitrogens is 1. The molecule has 0 aromatic carbocycles. The molecule has 0 radical (unpaired) electrons. The van der Waals surface area contributed by atoms with Crippen LogP contribution < -0.4 is 5.56 Å². The van der Waals surface area contributed by atoms with E-state index in [1.165, 1.54) is 6.20 Å². The summed E-state index contributed by atoms with van der Waals surface area (Å²) in [4.78, 5) is 16.7. The van der Waals surface area contributed by atoms with Gasteiger partial charge in [0.25, 0.3) is 5.56 Å². The molecule has 0 spiro atoms. The van der Waals surface area contributed by atoms with E-state index in [0.717, 1.165) is 0 Å². The van der Waals surface area contributed by atoms with E-state index in [-0.39, 0.29) is 5.56 Å². The third kappa shape index (κ3) is 1.06. The maximum Gasteiger partial charge on any atom is 0.280 e. The maximum atomic E-state index is 10.5. The number of nitrogens with zero attached hydrogens (tertiary/aromatic N) is 1. The highest BCUT2D eigenvalue weighted by Crippen LogP contribution is 1.85. The number of hydrogen-bond acceptors (Lipinski definition) is 2. The second kappa shape index (κ2) is 2.25. The normalized spacial score (nSPS) is 9.12. The van der Waals surface area contributed by atoms with E-state index in [4.69, 9.17) is 0 Å². The summed E-state index contributed by atoms with van der Waals surface area (Å²) in [6.45, 7) is 0. The SMILES string of the molecule is O=c1[nH]ccnc1I. The molecule has 42 valence electrons. The number of rotatable bonds is 0. The summed E-state index contributed by atoms with van der Waals surface area (Å²) >= 11 is 1.87. The van der Waals surface area contributed by atoms with Crippen LogP contribution in [0.5, 0.6) is 0 Å². The van der Waals surface area contributed by atoms with Crippen LogP contribution in [-0.2, 0) is 0 Å². The van der Waals surface area contributed by atoms with Gasteiger partial charge < -0.3 is 4.98 Å². The van der Waals surface area contributed by atoms with Gasteiger partial charge in [-0.05, 0) is 22.6 Å². The molecule has 0 bridgehead atoms. The number of hydrogen-bond donors (Lipinski definition) is 1. The Morgan fingerprint density at radius 2 is 2.50 bits per heavy atom. The first kappa shape index (κ1) is 5.74. The van der Waals surface area contributed by atoms with Crippen molar-refractivity contribution in [3.05, 3.63) is 26.4 Å². The van der Waals surface area contributed by atoms with Crippen molar-refractivity contribution < 1.29 is 0 Å². The molecular formula is C4H3IN2O. The van der Waals surface area contributed by atoms with Gasteiger partial charge in [0.15, 0.2) is 3.70 Å². The van der Waals surface area contributed by atoms with Gasteiger partial charge in [-0.15, -0.1) is 0 Å². The standard InChI is InChI=1S/C4H3IN2O/c5-3-4(8)7-2-1-6-3/h1-2H,(H,7,8). The minimum absolute atomic E-state index is 0.131. The van der Waals surface area contributed by atoms with E-state index in [9.17, 15) is 4.79 Å². The molecule has 1 rings (SSSR count). The topological polar surface area (TPSA) is 45.8 Å². The largest absolute Gasteiger partial charge is 0.325 e. The van der Waals surface area contributed by atoms with Gasteiger partial charge in [0.1, 0.15) is 0 Å². The monoisotopic (exact) mass is 222 g/mol. The van der Waals surface area contributed by atoms with Crippen molar-refractivity contribution in [3.63, 3.8) is 0 Å². The van der Waals surface area contributed by atoms with Gasteiger partial charge in [-0.2, -0.15) is 0 Å². The molecule has 0 unspecified atom stereocenters. The molecule has 1 aromatic rings. The molecule has 0 atom stereocenters. The van der Waals surface area contributed by atoms with Crippen LogP contribution in [-0.4, -0.2) is 9.97 Å². The molecule has 4 heteroatoms. The average molecular weight is 222 g/mol. The molecular weight excluding hydrogens is 219 g/mol. The molecule has 1 heterocycles. The zero-order chi connectivity index (χ0) is 5.98. The first-order valence-electron chi connectivity index (χ1n) is 2.00. The molecule has 0 aliphatic carbocycles. The average Bonchev–Trinajstić information content (AvgIpc) is 1.77. The predicted octanol–water partition coefficient (Wildman–Crippen LogP) is 0.374. The summed E-state index contributed by atoms with van der Waals surface area (Å²) < 4.78 is 0.477. The summed E-state index contributed by atoms with van der Waals surface area (Å²) in [7, 11) is 0.